The second-order valence-electron chi connectivity index (χ2n) is 17.0. The number of allylic oxidation sites excluding steroid dienone is 1. The summed E-state index contributed by atoms with van der Waals surface area (Å²) in [4.78, 5) is 26.9. The molecule has 9 atom stereocenters. The largest absolute Gasteiger partial charge is 0.446 e. The number of carbonyl (C=O) groups excluding carboxylic acids is 2. The quantitative estimate of drug-likeness (QED) is 0.159. The number of rotatable bonds is 13. The highest BCUT2D eigenvalue weighted by Gasteiger charge is 2.59. The summed E-state index contributed by atoms with van der Waals surface area (Å²) in [5.74, 6) is 5.50. The summed E-state index contributed by atoms with van der Waals surface area (Å²) in [6, 6.07) is 0. The minimum atomic E-state index is -0.283. The monoisotopic (exact) mass is 627 g/mol. The van der Waals surface area contributed by atoms with E-state index in [2.05, 4.69) is 46.0 Å². The van der Waals surface area contributed by atoms with E-state index in [0.29, 0.717) is 24.9 Å². The van der Waals surface area contributed by atoms with Gasteiger partial charge in [0.2, 0.25) is 5.91 Å². The summed E-state index contributed by atoms with van der Waals surface area (Å²) in [6.45, 7) is 14.7. The van der Waals surface area contributed by atoms with Crippen LogP contribution in [0.2, 0.25) is 0 Å². The maximum atomic E-state index is 12.7. The minimum absolute atomic E-state index is 0.0156. The summed E-state index contributed by atoms with van der Waals surface area (Å²) in [6.07, 6.45) is 20.4. The molecular weight excluding hydrogens is 560 g/mol. The molecule has 256 valence electrons. The van der Waals surface area contributed by atoms with Crippen LogP contribution >= 0.6 is 0 Å². The molecule has 0 aromatic heterocycles. The molecule has 0 aromatic rings. The molecule has 0 bridgehead atoms. The predicted molar refractivity (Wildman–Crippen MR) is 182 cm³/mol. The Labute approximate surface area is 274 Å². The molecule has 6 nitrogen and oxygen atoms in total. The van der Waals surface area contributed by atoms with E-state index in [-0.39, 0.29) is 36.0 Å². The zero-order valence-corrected chi connectivity index (χ0v) is 29.5. The zero-order valence-electron chi connectivity index (χ0n) is 29.5. The molecule has 0 aromatic carbocycles. The normalized spacial score (nSPS) is 36.6. The predicted octanol–water partition coefficient (Wildman–Crippen LogP) is 8.52. The Kier molecular flexibility index (Phi) is 11.7. The molecule has 6 heteroatoms. The second-order valence-corrected chi connectivity index (χ2v) is 17.0. The Morgan fingerprint density at radius 1 is 1.00 bits per heavy atom. The summed E-state index contributed by atoms with van der Waals surface area (Å²) in [7, 11) is 0. The topological polar surface area (TPSA) is 78.9 Å². The number of alkyl carbamates (subject to hydrolysis) is 1. The van der Waals surface area contributed by atoms with Gasteiger partial charge in [0.1, 0.15) is 6.10 Å². The molecule has 2 amide bonds. The number of hydrogen-bond donors (Lipinski definition) is 2. The third-order valence-electron chi connectivity index (χ3n) is 13.8. The fourth-order valence-electron chi connectivity index (χ4n) is 11.1. The highest BCUT2D eigenvalue weighted by atomic mass is 16.6. The molecule has 1 aliphatic heterocycles. The Hall–Kier alpha value is -1.56. The first-order valence-electron chi connectivity index (χ1n) is 19.1. The van der Waals surface area contributed by atoms with E-state index in [1.807, 2.05) is 4.90 Å². The van der Waals surface area contributed by atoms with Crippen molar-refractivity contribution in [2.24, 2.45) is 52.3 Å². The van der Waals surface area contributed by atoms with Gasteiger partial charge in [-0.05, 0) is 111 Å². The van der Waals surface area contributed by atoms with Crippen LogP contribution in [0, 0.1) is 52.3 Å². The number of nitrogens with one attached hydrogen (secondary N) is 1. The SMILES string of the molecule is CC(C)CCCC(C)C1CCC2C3CC=C4CC(OC(=O)NCCCCCC(=O)N5CCC(CO)C5)CCC4(C)C3CCC12C. The van der Waals surface area contributed by atoms with Crippen LogP contribution in [0.5, 0.6) is 0 Å². The summed E-state index contributed by atoms with van der Waals surface area (Å²) < 4.78 is 5.95. The molecule has 5 rings (SSSR count). The molecule has 0 spiro atoms. The van der Waals surface area contributed by atoms with Crippen LogP contribution in [0.15, 0.2) is 11.6 Å². The van der Waals surface area contributed by atoms with Gasteiger partial charge in [0.05, 0.1) is 0 Å². The number of unbranched alkanes of at least 4 members (excludes halogenated alkanes) is 2. The first-order chi connectivity index (χ1) is 21.5. The number of ether oxygens (including phenoxy) is 1. The van der Waals surface area contributed by atoms with E-state index in [0.717, 1.165) is 87.0 Å². The first kappa shape index (κ1) is 34.8. The molecule has 1 saturated heterocycles. The third kappa shape index (κ3) is 7.78. The van der Waals surface area contributed by atoms with Crippen molar-refractivity contribution in [3.8, 4) is 0 Å². The van der Waals surface area contributed by atoms with Gasteiger partial charge < -0.3 is 20.1 Å². The summed E-state index contributed by atoms with van der Waals surface area (Å²) in [5.41, 5.74) is 2.36. The number of nitrogens with zero attached hydrogens (tertiary/aromatic N) is 1. The molecule has 4 fully saturated rings. The smallest absolute Gasteiger partial charge is 0.407 e. The molecule has 0 radical (unpaired) electrons. The molecule has 45 heavy (non-hydrogen) atoms. The maximum absolute atomic E-state index is 12.7. The van der Waals surface area contributed by atoms with Crippen molar-refractivity contribution in [3.63, 3.8) is 0 Å². The number of hydrogen-bond acceptors (Lipinski definition) is 4. The van der Waals surface area contributed by atoms with Crippen molar-refractivity contribution < 1.29 is 19.4 Å². The molecule has 3 saturated carbocycles. The van der Waals surface area contributed by atoms with Gasteiger partial charge in [0.25, 0.3) is 0 Å². The van der Waals surface area contributed by atoms with Crippen LogP contribution in [0.1, 0.15) is 137 Å². The van der Waals surface area contributed by atoms with Crippen LogP contribution in [-0.2, 0) is 9.53 Å². The molecule has 2 N–H and O–H groups in total. The van der Waals surface area contributed by atoms with Gasteiger partial charge in [0, 0.05) is 45.0 Å². The van der Waals surface area contributed by atoms with Crippen LogP contribution in [0.3, 0.4) is 0 Å². The summed E-state index contributed by atoms with van der Waals surface area (Å²) in [5, 5.41) is 12.3. The molecule has 9 unspecified atom stereocenters. The van der Waals surface area contributed by atoms with Gasteiger partial charge in [0.15, 0.2) is 0 Å². The minimum Gasteiger partial charge on any atom is -0.446 e. The molecule has 5 aliphatic rings. The van der Waals surface area contributed by atoms with Crippen LogP contribution in [0.25, 0.3) is 0 Å². The van der Waals surface area contributed by atoms with Crippen molar-refractivity contribution in [3.05, 3.63) is 11.6 Å². The fourth-order valence-corrected chi connectivity index (χ4v) is 11.1. The molecule has 4 aliphatic carbocycles. The highest BCUT2D eigenvalue weighted by Crippen LogP contribution is 2.67. The number of aliphatic hydroxyl groups is 1. The van der Waals surface area contributed by atoms with Crippen LogP contribution in [0.4, 0.5) is 4.79 Å². The maximum Gasteiger partial charge on any atom is 0.407 e. The Morgan fingerprint density at radius 2 is 1.82 bits per heavy atom. The standard InChI is InChI=1S/C39H66N2O4/c1-27(2)10-9-11-28(3)33-15-16-34-32-14-13-30-24-31(17-20-38(30,4)35(32)18-21-39(33,34)5)45-37(44)40-22-8-6-7-12-36(43)41-23-19-29(25-41)26-42/h13,27-29,31-35,42H,6-12,14-26H2,1-5H3,(H,40,44). The van der Waals surface area contributed by atoms with Crippen molar-refractivity contribution in [2.75, 3.05) is 26.2 Å². The van der Waals surface area contributed by atoms with Crippen LogP contribution < -0.4 is 5.32 Å². The zero-order chi connectivity index (χ0) is 32.2. The van der Waals surface area contributed by atoms with Gasteiger partial charge >= 0.3 is 6.09 Å². The van der Waals surface area contributed by atoms with E-state index >= 15 is 0 Å². The van der Waals surface area contributed by atoms with E-state index in [1.165, 1.54) is 51.4 Å². The van der Waals surface area contributed by atoms with Gasteiger partial charge in [-0.2, -0.15) is 0 Å². The number of carbonyl (C=O) groups is 2. The number of aliphatic hydroxyl groups excluding tert-OH is 1. The Bertz CT molecular complexity index is 1040. The molecular formula is C39H66N2O4. The lowest BCUT2D eigenvalue weighted by atomic mass is 9.47. The van der Waals surface area contributed by atoms with Gasteiger partial charge in [-0.3, -0.25) is 4.79 Å². The second kappa shape index (κ2) is 15.1. The van der Waals surface area contributed by atoms with E-state index < -0.39 is 0 Å². The van der Waals surface area contributed by atoms with Crippen molar-refractivity contribution in [1.82, 2.24) is 10.2 Å². The van der Waals surface area contributed by atoms with E-state index in [9.17, 15) is 14.7 Å². The fraction of sp³-hybridized carbons (Fsp3) is 0.897. The number of fused-ring (bicyclic) bond motifs is 5. The molecule has 1 heterocycles. The lowest BCUT2D eigenvalue weighted by molar-refractivity contribution is -0.130. The van der Waals surface area contributed by atoms with E-state index in [4.69, 9.17) is 4.74 Å². The van der Waals surface area contributed by atoms with Crippen LogP contribution in [-0.4, -0.2) is 54.4 Å². The van der Waals surface area contributed by atoms with Crippen molar-refractivity contribution in [2.45, 2.75) is 143 Å². The van der Waals surface area contributed by atoms with Gasteiger partial charge in [-0.15, -0.1) is 0 Å². The van der Waals surface area contributed by atoms with E-state index in [1.54, 1.807) is 5.57 Å². The average molecular weight is 627 g/mol. The lowest BCUT2D eigenvalue weighted by Crippen LogP contribution is -2.51. The van der Waals surface area contributed by atoms with Gasteiger partial charge in [-0.1, -0.05) is 72.0 Å². The lowest BCUT2D eigenvalue weighted by Gasteiger charge is -2.58. The highest BCUT2D eigenvalue weighted by molar-refractivity contribution is 5.76. The van der Waals surface area contributed by atoms with Crippen molar-refractivity contribution >= 4 is 12.0 Å². The van der Waals surface area contributed by atoms with Crippen molar-refractivity contribution in [1.29, 1.82) is 0 Å². The third-order valence-corrected chi connectivity index (χ3v) is 13.8. The number of likely N-dealkylation sites (tertiary alicyclic amines) is 1. The summed E-state index contributed by atoms with van der Waals surface area (Å²) >= 11 is 0. The Morgan fingerprint density at radius 3 is 2.58 bits per heavy atom. The van der Waals surface area contributed by atoms with Gasteiger partial charge in [-0.25, -0.2) is 4.79 Å². The Balaban J connectivity index is 1.04. The average Bonchev–Trinajstić information content (AvgIpc) is 3.63. The number of amides is 2. The first-order valence-corrected chi connectivity index (χ1v) is 19.1.